The fourth-order valence-corrected chi connectivity index (χ4v) is 4.49. The normalized spacial score (nSPS) is 15.8. The van der Waals surface area contributed by atoms with Crippen LogP contribution in [0.15, 0.2) is 46.2 Å². The summed E-state index contributed by atoms with van der Waals surface area (Å²) in [7, 11) is 0. The van der Waals surface area contributed by atoms with Crippen LogP contribution in [0, 0.1) is 13.8 Å². The molecule has 1 atom stereocenters. The lowest BCUT2D eigenvalue weighted by Crippen LogP contribution is -2.25. The number of carbonyl (C=O) groups is 1. The van der Waals surface area contributed by atoms with Crippen molar-refractivity contribution in [1.29, 1.82) is 0 Å². The van der Waals surface area contributed by atoms with Crippen LogP contribution in [0.2, 0.25) is 0 Å². The fourth-order valence-electron chi connectivity index (χ4n) is 3.70. The molecule has 2 N–H and O–H groups in total. The number of thioether (sulfide) groups is 1. The molecule has 1 aromatic carbocycles. The van der Waals surface area contributed by atoms with E-state index in [4.69, 9.17) is 9.15 Å². The molecule has 4 rings (SSSR count). The maximum absolute atomic E-state index is 12.3. The van der Waals surface area contributed by atoms with Crippen molar-refractivity contribution in [3.05, 3.63) is 59.3 Å². The molecule has 1 amide bonds. The van der Waals surface area contributed by atoms with Crippen molar-refractivity contribution in [3.63, 3.8) is 0 Å². The third-order valence-electron chi connectivity index (χ3n) is 5.39. The number of carbonyl (C=O) groups excluding carboxylic acids is 1. The minimum Gasteiger partial charge on any atom is -0.467 e. The standard InChI is InChI=1S/C23H29N5O3S/c1-16-7-8-20(17(2)11-16)24-13-21-26-27-23(28(21)14-19-6-4-10-31-19)32-15-22(29)25-12-18-5-3-9-30-18/h3,5,7-9,11,19,24H,4,6,10,12-15H2,1-2H3,(H,25,29)/t19-/m0/s1. The van der Waals surface area contributed by atoms with Crippen LogP contribution in [0.25, 0.3) is 0 Å². The lowest BCUT2D eigenvalue weighted by atomic mass is 10.1. The average molecular weight is 456 g/mol. The second kappa shape index (κ2) is 10.7. The molecule has 1 aliphatic heterocycles. The van der Waals surface area contributed by atoms with Crippen LogP contribution in [-0.4, -0.2) is 39.1 Å². The van der Waals surface area contributed by atoms with Crippen molar-refractivity contribution in [3.8, 4) is 0 Å². The predicted octanol–water partition coefficient (Wildman–Crippen LogP) is 3.69. The molecule has 0 bridgehead atoms. The van der Waals surface area contributed by atoms with Crippen molar-refractivity contribution in [1.82, 2.24) is 20.1 Å². The minimum absolute atomic E-state index is 0.0759. The van der Waals surface area contributed by atoms with Gasteiger partial charge in [-0.2, -0.15) is 0 Å². The third-order valence-corrected chi connectivity index (χ3v) is 6.36. The van der Waals surface area contributed by atoms with Crippen LogP contribution < -0.4 is 10.6 Å². The van der Waals surface area contributed by atoms with Gasteiger partial charge in [-0.3, -0.25) is 4.79 Å². The number of nitrogens with one attached hydrogen (secondary N) is 2. The molecule has 0 unspecified atom stereocenters. The first kappa shape index (κ1) is 22.4. The Bertz CT molecular complexity index is 1030. The number of aromatic nitrogens is 3. The van der Waals surface area contributed by atoms with E-state index in [1.165, 1.54) is 22.9 Å². The third kappa shape index (κ3) is 5.92. The van der Waals surface area contributed by atoms with Gasteiger partial charge in [0.05, 0.1) is 37.8 Å². The van der Waals surface area contributed by atoms with E-state index >= 15 is 0 Å². The molecule has 8 nitrogen and oxygen atoms in total. The summed E-state index contributed by atoms with van der Waals surface area (Å²) in [5.41, 5.74) is 3.51. The number of amides is 1. The number of hydrogen-bond donors (Lipinski definition) is 2. The Labute approximate surface area is 192 Å². The van der Waals surface area contributed by atoms with Crippen LogP contribution in [-0.2, 0) is 29.2 Å². The van der Waals surface area contributed by atoms with E-state index in [0.29, 0.717) is 19.6 Å². The second-order valence-corrected chi connectivity index (χ2v) is 8.90. The Morgan fingerprint density at radius 1 is 1.25 bits per heavy atom. The highest BCUT2D eigenvalue weighted by molar-refractivity contribution is 7.99. The molecule has 1 saturated heterocycles. The first-order chi connectivity index (χ1) is 15.6. The monoisotopic (exact) mass is 455 g/mol. The Kier molecular flexibility index (Phi) is 7.49. The molecule has 1 aliphatic rings. The van der Waals surface area contributed by atoms with Gasteiger partial charge in [0.15, 0.2) is 11.0 Å². The summed E-state index contributed by atoms with van der Waals surface area (Å²) >= 11 is 1.39. The van der Waals surface area contributed by atoms with Crippen molar-refractivity contribution in [2.75, 3.05) is 17.7 Å². The topological polar surface area (TPSA) is 94.2 Å². The molecule has 0 aliphatic carbocycles. The van der Waals surface area contributed by atoms with E-state index in [2.05, 4.69) is 57.4 Å². The van der Waals surface area contributed by atoms with Gasteiger partial charge in [-0.1, -0.05) is 29.5 Å². The van der Waals surface area contributed by atoms with Crippen LogP contribution in [0.5, 0.6) is 0 Å². The number of nitrogens with zero attached hydrogens (tertiary/aromatic N) is 3. The van der Waals surface area contributed by atoms with Crippen LogP contribution in [0.3, 0.4) is 0 Å². The second-order valence-electron chi connectivity index (χ2n) is 7.96. The van der Waals surface area contributed by atoms with Gasteiger partial charge in [-0.05, 0) is 50.5 Å². The number of hydrogen-bond acceptors (Lipinski definition) is 7. The van der Waals surface area contributed by atoms with Gasteiger partial charge in [0.1, 0.15) is 5.76 Å². The van der Waals surface area contributed by atoms with Gasteiger partial charge in [0.2, 0.25) is 5.91 Å². The van der Waals surface area contributed by atoms with Crippen molar-refractivity contribution in [2.24, 2.45) is 0 Å². The van der Waals surface area contributed by atoms with Gasteiger partial charge >= 0.3 is 0 Å². The van der Waals surface area contributed by atoms with Crippen molar-refractivity contribution < 1.29 is 13.9 Å². The summed E-state index contributed by atoms with van der Waals surface area (Å²) in [4.78, 5) is 12.3. The molecule has 0 saturated carbocycles. The van der Waals surface area contributed by atoms with E-state index in [1.54, 1.807) is 12.3 Å². The van der Waals surface area contributed by atoms with E-state index < -0.39 is 0 Å². The molecule has 0 radical (unpaired) electrons. The Morgan fingerprint density at radius 2 is 2.16 bits per heavy atom. The summed E-state index contributed by atoms with van der Waals surface area (Å²) in [6, 6.07) is 9.97. The highest BCUT2D eigenvalue weighted by Crippen LogP contribution is 2.23. The van der Waals surface area contributed by atoms with Crippen molar-refractivity contribution in [2.45, 2.75) is 57.6 Å². The summed E-state index contributed by atoms with van der Waals surface area (Å²) in [5.74, 6) is 1.74. The maximum Gasteiger partial charge on any atom is 0.230 e. The zero-order valence-electron chi connectivity index (χ0n) is 18.5. The van der Waals surface area contributed by atoms with Crippen molar-refractivity contribution >= 4 is 23.4 Å². The number of aryl methyl sites for hydroxylation is 2. The molecule has 32 heavy (non-hydrogen) atoms. The van der Waals surface area contributed by atoms with E-state index in [0.717, 1.165) is 41.9 Å². The first-order valence-corrected chi connectivity index (χ1v) is 11.8. The Morgan fingerprint density at radius 3 is 2.91 bits per heavy atom. The van der Waals surface area contributed by atoms with Gasteiger partial charge < -0.3 is 24.4 Å². The van der Waals surface area contributed by atoms with Gasteiger partial charge in [-0.15, -0.1) is 10.2 Å². The van der Waals surface area contributed by atoms with E-state index in [1.807, 2.05) is 6.07 Å². The summed E-state index contributed by atoms with van der Waals surface area (Å²) in [6.07, 6.45) is 3.84. The lowest BCUT2D eigenvalue weighted by molar-refractivity contribution is -0.118. The number of rotatable bonds is 10. The summed E-state index contributed by atoms with van der Waals surface area (Å²) < 4.78 is 13.2. The first-order valence-electron chi connectivity index (χ1n) is 10.8. The molecule has 170 valence electrons. The maximum atomic E-state index is 12.3. The molecule has 3 aromatic rings. The van der Waals surface area contributed by atoms with Crippen LogP contribution in [0.4, 0.5) is 5.69 Å². The van der Waals surface area contributed by atoms with Crippen LogP contribution in [0.1, 0.15) is 35.6 Å². The molecule has 3 heterocycles. The Hall–Kier alpha value is -2.78. The lowest BCUT2D eigenvalue weighted by Gasteiger charge is -2.16. The molecular weight excluding hydrogens is 426 g/mol. The number of anilines is 1. The minimum atomic E-state index is -0.0759. The highest BCUT2D eigenvalue weighted by Gasteiger charge is 2.21. The fraction of sp³-hybridized carbons (Fsp3) is 0.435. The summed E-state index contributed by atoms with van der Waals surface area (Å²) in [5, 5.41) is 15.8. The van der Waals surface area contributed by atoms with Gasteiger partial charge in [-0.25, -0.2) is 0 Å². The largest absolute Gasteiger partial charge is 0.467 e. The average Bonchev–Trinajstić information content (AvgIpc) is 3.54. The van der Waals surface area contributed by atoms with E-state index in [-0.39, 0.29) is 17.8 Å². The molecule has 1 fully saturated rings. The zero-order chi connectivity index (χ0) is 22.3. The molecule has 2 aromatic heterocycles. The number of benzene rings is 1. The van der Waals surface area contributed by atoms with Gasteiger partial charge in [0, 0.05) is 12.3 Å². The highest BCUT2D eigenvalue weighted by atomic mass is 32.2. The quantitative estimate of drug-likeness (QED) is 0.450. The SMILES string of the molecule is Cc1ccc(NCc2nnc(SCC(=O)NCc3ccco3)n2C[C@@H]2CCCO2)c(C)c1. The number of furan rings is 1. The molecule has 0 spiro atoms. The van der Waals surface area contributed by atoms with E-state index in [9.17, 15) is 4.79 Å². The van der Waals surface area contributed by atoms with Crippen LogP contribution >= 0.6 is 11.8 Å². The zero-order valence-corrected chi connectivity index (χ0v) is 19.3. The smallest absolute Gasteiger partial charge is 0.230 e. The Balaban J connectivity index is 1.40. The summed E-state index contributed by atoms with van der Waals surface area (Å²) in [6.45, 7) is 6.58. The number of ether oxygens (including phenoxy) is 1. The molecular formula is C23H29N5O3S. The molecule has 9 heteroatoms. The predicted molar refractivity (Wildman–Crippen MR) is 124 cm³/mol. The van der Waals surface area contributed by atoms with Gasteiger partial charge in [0.25, 0.3) is 0 Å².